The van der Waals surface area contributed by atoms with Crippen molar-refractivity contribution < 1.29 is 14.3 Å². The second kappa shape index (κ2) is 5.58. The lowest BCUT2D eigenvalue weighted by atomic mass is 10.2. The zero-order valence-corrected chi connectivity index (χ0v) is 11.2. The largest absolute Gasteiger partial charge is 0.394 e. The minimum atomic E-state index is -0.362. The van der Waals surface area contributed by atoms with Crippen LogP contribution < -0.4 is 0 Å². The van der Waals surface area contributed by atoms with Gasteiger partial charge in [0, 0.05) is 10.6 Å². The Hall–Kier alpha value is -0.690. The molecule has 0 saturated heterocycles. The number of carbonyl (C=O) groups excluding carboxylic acids is 1. The van der Waals surface area contributed by atoms with E-state index in [1.807, 2.05) is 22.6 Å². The summed E-state index contributed by atoms with van der Waals surface area (Å²) in [5.74, 6) is -0.579. The molecule has 0 aliphatic heterocycles. The average Bonchev–Trinajstić information content (AvgIpc) is 2.26. The number of benzene rings is 1. The molecule has 16 heavy (non-hydrogen) atoms. The van der Waals surface area contributed by atoms with Gasteiger partial charge >= 0.3 is 0 Å². The first kappa shape index (κ1) is 13.4. The predicted octanol–water partition coefficient (Wildman–Crippen LogP) is 1.88. The van der Waals surface area contributed by atoms with Crippen LogP contribution in [0.15, 0.2) is 18.2 Å². The Labute approximate surface area is 107 Å². The maximum atomic E-state index is 12.9. The average molecular weight is 337 g/mol. The first-order valence-electron chi connectivity index (χ1n) is 4.80. The number of carbonyl (C=O) groups is 1. The van der Waals surface area contributed by atoms with Crippen molar-refractivity contribution in [3.63, 3.8) is 0 Å². The summed E-state index contributed by atoms with van der Waals surface area (Å²) in [6.45, 7) is 1.65. The van der Waals surface area contributed by atoms with Crippen molar-refractivity contribution in [1.29, 1.82) is 0 Å². The number of hydrogen-bond acceptors (Lipinski definition) is 2. The molecule has 1 aromatic carbocycles. The normalized spacial score (nSPS) is 12.3. The van der Waals surface area contributed by atoms with E-state index in [9.17, 15) is 9.18 Å². The van der Waals surface area contributed by atoms with E-state index in [0.717, 1.165) is 0 Å². The predicted molar refractivity (Wildman–Crippen MR) is 67.8 cm³/mol. The highest BCUT2D eigenvalue weighted by Crippen LogP contribution is 2.16. The number of likely N-dealkylation sites (N-methyl/N-ethyl adjacent to an activating group) is 1. The molecule has 0 aliphatic rings. The van der Waals surface area contributed by atoms with Gasteiger partial charge in [0.25, 0.3) is 5.91 Å². The second-order valence-corrected chi connectivity index (χ2v) is 4.73. The number of amides is 1. The molecule has 1 N–H and O–H groups in total. The van der Waals surface area contributed by atoms with Crippen LogP contribution in [0, 0.1) is 9.39 Å². The molecular weight excluding hydrogens is 324 g/mol. The van der Waals surface area contributed by atoms with Crippen LogP contribution in [0.1, 0.15) is 17.3 Å². The number of aliphatic hydroxyl groups is 1. The number of aliphatic hydroxyl groups excluding tert-OH is 1. The van der Waals surface area contributed by atoms with Gasteiger partial charge in [-0.1, -0.05) is 0 Å². The number of hydrogen-bond donors (Lipinski definition) is 1. The van der Waals surface area contributed by atoms with E-state index in [-0.39, 0.29) is 24.4 Å². The third kappa shape index (κ3) is 2.91. The summed E-state index contributed by atoms with van der Waals surface area (Å²) < 4.78 is 13.4. The van der Waals surface area contributed by atoms with Gasteiger partial charge in [0.05, 0.1) is 18.2 Å². The van der Waals surface area contributed by atoms with E-state index in [1.54, 1.807) is 14.0 Å². The quantitative estimate of drug-likeness (QED) is 0.856. The SMILES string of the molecule is CC(CO)N(C)C(=O)c1ccc(F)cc1I. The molecule has 88 valence electrons. The Morgan fingerprint density at radius 3 is 2.75 bits per heavy atom. The Morgan fingerprint density at radius 2 is 2.25 bits per heavy atom. The summed E-state index contributed by atoms with van der Waals surface area (Å²) in [5, 5.41) is 8.96. The molecule has 1 amide bonds. The highest BCUT2D eigenvalue weighted by atomic mass is 127. The van der Waals surface area contributed by atoms with Gasteiger partial charge in [0.15, 0.2) is 0 Å². The van der Waals surface area contributed by atoms with Crippen molar-refractivity contribution in [1.82, 2.24) is 4.90 Å². The zero-order chi connectivity index (χ0) is 12.3. The van der Waals surface area contributed by atoms with Gasteiger partial charge in [-0.15, -0.1) is 0 Å². The van der Waals surface area contributed by atoms with Crippen LogP contribution in [0.25, 0.3) is 0 Å². The lowest BCUT2D eigenvalue weighted by Crippen LogP contribution is -2.37. The summed E-state index contributed by atoms with van der Waals surface area (Å²) in [6.07, 6.45) is 0. The highest BCUT2D eigenvalue weighted by Gasteiger charge is 2.19. The smallest absolute Gasteiger partial charge is 0.254 e. The minimum Gasteiger partial charge on any atom is -0.394 e. The zero-order valence-electron chi connectivity index (χ0n) is 9.08. The molecule has 5 heteroatoms. The Kier molecular flexibility index (Phi) is 4.67. The first-order valence-corrected chi connectivity index (χ1v) is 5.88. The van der Waals surface area contributed by atoms with Crippen LogP contribution >= 0.6 is 22.6 Å². The van der Waals surface area contributed by atoms with Crippen molar-refractivity contribution in [2.75, 3.05) is 13.7 Å². The van der Waals surface area contributed by atoms with Crippen molar-refractivity contribution in [2.24, 2.45) is 0 Å². The second-order valence-electron chi connectivity index (χ2n) is 3.57. The van der Waals surface area contributed by atoms with Crippen LogP contribution in [0.3, 0.4) is 0 Å². The molecule has 1 aromatic rings. The third-order valence-electron chi connectivity index (χ3n) is 2.41. The highest BCUT2D eigenvalue weighted by molar-refractivity contribution is 14.1. The van der Waals surface area contributed by atoms with Gasteiger partial charge in [0.1, 0.15) is 5.82 Å². The lowest BCUT2D eigenvalue weighted by molar-refractivity contribution is 0.0681. The van der Waals surface area contributed by atoms with Crippen molar-refractivity contribution in [3.8, 4) is 0 Å². The first-order chi connectivity index (χ1) is 7.47. The van der Waals surface area contributed by atoms with Crippen LogP contribution in [0.2, 0.25) is 0 Å². The van der Waals surface area contributed by atoms with E-state index < -0.39 is 0 Å². The number of nitrogens with zero attached hydrogens (tertiary/aromatic N) is 1. The molecule has 0 aromatic heterocycles. The van der Waals surface area contributed by atoms with Gasteiger partial charge in [-0.05, 0) is 47.7 Å². The van der Waals surface area contributed by atoms with E-state index in [0.29, 0.717) is 9.13 Å². The Balaban J connectivity index is 2.96. The number of rotatable bonds is 3. The topological polar surface area (TPSA) is 40.5 Å². The monoisotopic (exact) mass is 337 g/mol. The molecular formula is C11H13FINO2. The summed E-state index contributed by atoms with van der Waals surface area (Å²) in [5.41, 5.74) is 0.449. The minimum absolute atomic E-state index is 0.0972. The fourth-order valence-electron chi connectivity index (χ4n) is 1.18. The van der Waals surface area contributed by atoms with E-state index in [2.05, 4.69) is 0 Å². The molecule has 0 radical (unpaired) electrons. The summed E-state index contributed by atoms with van der Waals surface area (Å²) >= 11 is 1.92. The summed E-state index contributed by atoms with van der Waals surface area (Å²) in [4.78, 5) is 13.4. The molecule has 0 aliphatic carbocycles. The van der Waals surface area contributed by atoms with Crippen LogP contribution in [-0.4, -0.2) is 35.6 Å². The molecule has 1 atom stereocenters. The molecule has 0 saturated carbocycles. The van der Waals surface area contributed by atoms with Gasteiger partial charge in [0.2, 0.25) is 0 Å². The maximum absolute atomic E-state index is 12.9. The van der Waals surface area contributed by atoms with Crippen molar-refractivity contribution in [3.05, 3.63) is 33.1 Å². The van der Waals surface area contributed by atoms with Gasteiger partial charge in [-0.3, -0.25) is 4.79 Å². The molecule has 0 bridgehead atoms. The van der Waals surface area contributed by atoms with E-state index >= 15 is 0 Å². The maximum Gasteiger partial charge on any atom is 0.254 e. The molecule has 0 heterocycles. The molecule has 3 nitrogen and oxygen atoms in total. The fraction of sp³-hybridized carbons (Fsp3) is 0.364. The van der Waals surface area contributed by atoms with Crippen LogP contribution in [0.4, 0.5) is 4.39 Å². The third-order valence-corrected chi connectivity index (χ3v) is 3.30. The fourth-order valence-corrected chi connectivity index (χ4v) is 1.88. The molecule has 1 unspecified atom stereocenters. The van der Waals surface area contributed by atoms with Gasteiger partial charge in [-0.2, -0.15) is 0 Å². The molecule has 0 fully saturated rings. The van der Waals surface area contributed by atoms with Crippen LogP contribution in [-0.2, 0) is 0 Å². The summed E-state index contributed by atoms with van der Waals surface area (Å²) in [7, 11) is 1.61. The Morgan fingerprint density at radius 1 is 1.62 bits per heavy atom. The van der Waals surface area contributed by atoms with Crippen LogP contribution in [0.5, 0.6) is 0 Å². The standard InChI is InChI=1S/C11H13FINO2/c1-7(6-15)14(2)11(16)9-4-3-8(12)5-10(9)13/h3-5,7,15H,6H2,1-2H3. The lowest BCUT2D eigenvalue weighted by Gasteiger charge is -2.23. The van der Waals surface area contributed by atoms with Crippen molar-refractivity contribution >= 4 is 28.5 Å². The van der Waals surface area contributed by atoms with E-state index in [1.165, 1.54) is 23.1 Å². The van der Waals surface area contributed by atoms with Gasteiger partial charge in [-0.25, -0.2) is 4.39 Å². The number of halogens is 2. The summed E-state index contributed by atoms with van der Waals surface area (Å²) in [6, 6.07) is 3.77. The van der Waals surface area contributed by atoms with E-state index in [4.69, 9.17) is 5.11 Å². The molecule has 1 rings (SSSR count). The van der Waals surface area contributed by atoms with Crippen molar-refractivity contribution in [2.45, 2.75) is 13.0 Å². The Bertz CT molecular complexity index is 398. The van der Waals surface area contributed by atoms with Gasteiger partial charge < -0.3 is 10.0 Å². The molecule has 0 spiro atoms.